The van der Waals surface area contributed by atoms with E-state index in [0.717, 1.165) is 66.9 Å². The van der Waals surface area contributed by atoms with Crippen LogP contribution in [0.2, 0.25) is 0 Å². The van der Waals surface area contributed by atoms with Crippen LogP contribution in [0.3, 0.4) is 0 Å². The molecule has 2 aliphatic rings. The van der Waals surface area contributed by atoms with Crippen molar-refractivity contribution in [3.63, 3.8) is 0 Å². The molecule has 0 bridgehead atoms. The summed E-state index contributed by atoms with van der Waals surface area (Å²) in [6.07, 6.45) is -2.17. The summed E-state index contributed by atoms with van der Waals surface area (Å²) in [4.78, 5) is 27.5. The number of aromatic amines is 1. The zero-order chi connectivity index (χ0) is 29.4. The van der Waals surface area contributed by atoms with Crippen molar-refractivity contribution in [3.8, 4) is 0 Å². The van der Waals surface area contributed by atoms with Crippen molar-refractivity contribution in [2.45, 2.75) is 44.9 Å². The van der Waals surface area contributed by atoms with E-state index in [9.17, 15) is 18.0 Å². The molecule has 0 saturated carbocycles. The molecular formula is C31H36F3N7O. The molecular weight excluding hydrogens is 543 g/mol. The average molecular weight is 580 g/mol. The van der Waals surface area contributed by atoms with Gasteiger partial charge in [-0.1, -0.05) is 18.2 Å². The number of H-pyrrole nitrogens is 1. The van der Waals surface area contributed by atoms with Crippen LogP contribution in [0.1, 0.15) is 57.5 Å². The third-order valence-corrected chi connectivity index (χ3v) is 8.60. The number of amides is 1. The maximum absolute atomic E-state index is 13.3. The summed E-state index contributed by atoms with van der Waals surface area (Å²) in [5.41, 5.74) is 5.41. The number of halogens is 3. The minimum atomic E-state index is -4.33. The van der Waals surface area contributed by atoms with Crippen molar-refractivity contribution in [2.75, 3.05) is 39.3 Å². The molecule has 8 nitrogen and oxygen atoms in total. The molecule has 42 heavy (non-hydrogen) atoms. The van der Waals surface area contributed by atoms with Gasteiger partial charge < -0.3 is 9.88 Å². The molecule has 6 rings (SSSR count). The number of rotatable bonds is 6. The number of hydrogen-bond acceptors (Lipinski definition) is 5. The number of carbonyl (C=O) groups is 1. The first-order chi connectivity index (χ1) is 20.1. The first-order valence-electron chi connectivity index (χ1n) is 14.5. The van der Waals surface area contributed by atoms with Crippen molar-refractivity contribution >= 4 is 16.9 Å². The van der Waals surface area contributed by atoms with Crippen LogP contribution >= 0.6 is 0 Å². The highest BCUT2D eigenvalue weighted by Crippen LogP contribution is 2.31. The standard InChI is InChI=1S/C31H36F3N7O/c1-21-17-26(38(2)37-21)20-39-11-9-23(10-12-39)24-5-8-27-28(18-24)36-29(35-27)30(42)41-15-13-40(14-16-41)19-22-3-6-25(7-4-22)31(32,33)34/h3-8,17-18,23H,9-16,19-20H2,1-2H3,(H,35,36). The lowest BCUT2D eigenvalue weighted by molar-refractivity contribution is -0.137. The summed E-state index contributed by atoms with van der Waals surface area (Å²) in [6.45, 7) is 7.93. The quantitative estimate of drug-likeness (QED) is 0.350. The van der Waals surface area contributed by atoms with E-state index in [1.165, 1.54) is 23.4 Å². The topological polar surface area (TPSA) is 73.3 Å². The summed E-state index contributed by atoms with van der Waals surface area (Å²) >= 11 is 0. The van der Waals surface area contributed by atoms with E-state index in [1.54, 1.807) is 4.90 Å². The first-order valence-corrected chi connectivity index (χ1v) is 14.5. The van der Waals surface area contributed by atoms with Crippen LogP contribution < -0.4 is 0 Å². The van der Waals surface area contributed by atoms with E-state index in [1.807, 2.05) is 24.7 Å². The van der Waals surface area contributed by atoms with Crippen molar-refractivity contribution in [1.82, 2.24) is 34.4 Å². The second kappa shape index (κ2) is 11.5. The van der Waals surface area contributed by atoms with Crippen LogP contribution in [0.4, 0.5) is 13.2 Å². The normalized spacial score (nSPS) is 17.8. The predicted octanol–water partition coefficient (Wildman–Crippen LogP) is 4.96. The Labute approximate surface area is 243 Å². The second-order valence-electron chi connectivity index (χ2n) is 11.6. The van der Waals surface area contributed by atoms with Crippen LogP contribution in [0, 0.1) is 6.92 Å². The van der Waals surface area contributed by atoms with E-state index < -0.39 is 11.7 Å². The van der Waals surface area contributed by atoms with Gasteiger partial charge in [0.25, 0.3) is 5.91 Å². The fourth-order valence-electron chi connectivity index (χ4n) is 6.16. The van der Waals surface area contributed by atoms with E-state index in [4.69, 9.17) is 0 Å². The van der Waals surface area contributed by atoms with Crippen molar-refractivity contribution in [2.24, 2.45) is 7.05 Å². The van der Waals surface area contributed by atoms with Crippen LogP contribution in [0.5, 0.6) is 0 Å². The fourth-order valence-corrected chi connectivity index (χ4v) is 6.16. The van der Waals surface area contributed by atoms with Gasteiger partial charge in [0.2, 0.25) is 0 Å². The number of alkyl halides is 3. The van der Waals surface area contributed by atoms with Gasteiger partial charge in [-0.25, -0.2) is 4.98 Å². The van der Waals surface area contributed by atoms with Gasteiger partial charge in [-0.05, 0) is 80.2 Å². The zero-order valence-corrected chi connectivity index (χ0v) is 24.0. The summed E-state index contributed by atoms with van der Waals surface area (Å²) < 4.78 is 40.5. The van der Waals surface area contributed by atoms with E-state index in [2.05, 4.69) is 43.1 Å². The Bertz CT molecular complexity index is 1540. The first kappa shape index (κ1) is 28.4. The fraction of sp³-hybridized carbons (Fsp3) is 0.452. The third kappa shape index (κ3) is 6.22. The molecule has 2 saturated heterocycles. The zero-order valence-electron chi connectivity index (χ0n) is 24.0. The Morgan fingerprint density at radius 3 is 2.26 bits per heavy atom. The van der Waals surface area contributed by atoms with Crippen LogP contribution in [-0.2, 0) is 26.3 Å². The van der Waals surface area contributed by atoms with E-state index in [0.29, 0.717) is 44.5 Å². The number of likely N-dealkylation sites (tertiary alicyclic amines) is 1. The van der Waals surface area contributed by atoms with Gasteiger partial charge in [-0.15, -0.1) is 0 Å². The Balaban J connectivity index is 1.02. The molecule has 1 N–H and O–H groups in total. The van der Waals surface area contributed by atoms with E-state index in [-0.39, 0.29) is 5.91 Å². The van der Waals surface area contributed by atoms with Crippen LogP contribution in [-0.4, -0.2) is 79.6 Å². The van der Waals surface area contributed by atoms with Gasteiger partial charge in [0.15, 0.2) is 5.82 Å². The third-order valence-electron chi connectivity index (χ3n) is 8.60. The molecule has 2 aromatic heterocycles. The largest absolute Gasteiger partial charge is 0.416 e. The molecule has 11 heteroatoms. The minimum absolute atomic E-state index is 0.124. The number of carbonyl (C=O) groups excluding carboxylic acids is 1. The van der Waals surface area contributed by atoms with Gasteiger partial charge in [0.05, 0.1) is 28.0 Å². The van der Waals surface area contributed by atoms with Crippen molar-refractivity contribution in [1.29, 1.82) is 0 Å². The van der Waals surface area contributed by atoms with Gasteiger partial charge >= 0.3 is 6.18 Å². The number of piperazine rings is 1. The summed E-state index contributed by atoms with van der Waals surface area (Å²) in [6, 6.07) is 13.7. The molecule has 0 unspecified atom stereocenters. The Morgan fingerprint density at radius 1 is 0.929 bits per heavy atom. The van der Waals surface area contributed by atoms with Gasteiger partial charge in [-0.3, -0.25) is 19.3 Å². The average Bonchev–Trinajstić information content (AvgIpc) is 3.54. The van der Waals surface area contributed by atoms with Gasteiger partial charge in [0.1, 0.15) is 0 Å². The highest BCUT2D eigenvalue weighted by Gasteiger charge is 2.30. The molecule has 4 aromatic rings. The monoisotopic (exact) mass is 579 g/mol. The van der Waals surface area contributed by atoms with E-state index >= 15 is 0 Å². The molecule has 4 heterocycles. The highest BCUT2D eigenvalue weighted by atomic mass is 19.4. The Morgan fingerprint density at radius 2 is 1.62 bits per heavy atom. The van der Waals surface area contributed by atoms with Gasteiger partial charge in [-0.2, -0.15) is 18.3 Å². The number of piperidine rings is 1. The number of aromatic nitrogens is 4. The molecule has 2 aromatic carbocycles. The lowest BCUT2D eigenvalue weighted by atomic mass is 9.89. The number of nitrogens with zero attached hydrogens (tertiary/aromatic N) is 6. The molecule has 1 amide bonds. The van der Waals surface area contributed by atoms with Crippen LogP contribution in [0.15, 0.2) is 48.5 Å². The molecule has 0 spiro atoms. The van der Waals surface area contributed by atoms with Crippen molar-refractivity contribution in [3.05, 3.63) is 82.4 Å². The lowest BCUT2D eigenvalue weighted by Gasteiger charge is -2.34. The van der Waals surface area contributed by atoms with Crippen LogP contribution in [0.25, 0.3) is 11.0 Å². The summed E-state index contributed by atoms with van der Waals surface area (Å²) in [7, 11) is 2.00. The number of hydrogen-bond donors (Lipinski definition) is 1. The predicted molar refractivity (Wildman–Crippen MR) is 154 cm³/mol. The molecule has 0 atom stereocenters. The Hall–Kier alpha value is -3.70. The van der Waals surface area contributed by atoms with Gasteiger partial charge in [0, 0.05) is 46.3 Å². The molecule has 2 fully saturated rings. The number of aryl methyl sites for hydroxylation is 2. The second-order valence-corrected chi connectivity index (χ2v) is 11.6. The number of benzene rings is 2. The summed E-state index contributed by atoms with van der Waals surface area (Å²) in [5, 5.41) is 4.46. The molecule has 222 valence electrons. The highest BCUT2D eigenvalue weighted by molar-refractivity contribution is 5.94. The van der Waals surface area contributed by atoms with Crippen molar-refractivity contribution < 1.29 is 18.0 Å². The SMILES string of the molecule is Cc1cc(CN2CCC(c3ccc4nc(C(=O)N5CCN(Cc6ccc(C(F)(F)F)cc6)CC5)[nH]c4c3)CC2)n(C)n1. The molecule has 0 aliphatic carbocycles. The minimum Gasteiger partial charge on any atom is -0.334 e. The maximum Gasteiger partial charge on any atom is 0.416 e. The number of imidazole rings is 1. The summed E-state index contributed by atoms with van der Waals surface area (Å²) in [5.74, 6) is 0.694. The number of fused-ring (bicyclic) bond motifs is 1. The lowest BCUT2D eigenvalue weighted by Crippen LogP contribution is -2.48. The Kier molecular flexibility index (Phi) is 7.80. The number of nitrogens with one attached hydrogen (secondary N) is 1. The maximum atomic E-state index is 13.3. The molecule has 2 aliphatic heterocycles. The molecule has 0 radical (unpaired) electrons. The smallest absolute Gasteiger partial charge is 0.334 e.